The maximum Gasteiger partial charge on any atom is 0.407 e. The van der Waals surface area contributed by atoms with E-state index < -0.39 is 12.2 Å². The zero-order valence-corrected chi connectivity index (χ0v) is 13.0. The van der Waals surface area contributed by atoms with E-state index in [0.29, 0.717) is 18.9 Å². The lowest BCUT2D eigenvalue weighted by atomic mass is 10.0. The summed E-state index contributed by atoms with van der Waals surface area (Å²) in [5, 5.41) is 16.2. The van der Waals surface area contributed by atoms with Gasteiger partial charge in [0.2, 0.25) is 0 Å². The van der Waals surface area contributed by atoms with Gasteiger partial charge >= 0.3 is 6.09 Å². The molecule has 0 aliphatic carbocycles. The number of hydrogen-bond acceptors (Lipinski definition) is 4. The molecule has 0 aliphatic heterocycles. The number of aliphatic hydroxyl groups is 1. The van der Waals surface area contributed by atoms with Gasteiger partial charge in [0.05, 0.1) is 19.3 Å². The van der Waals surface area contributed by atoms with Gasteiger partial charge in [0.1, 0.15) is 0 Å². The van der Waals surface area contributed by atoms with Crippen LogP contribution in [0.25, 0.3) is 0 Å². The van der Waals surface area contributed by atoms with Crippen molar-refractivity contribution in [3.63, 3.8) is 0 Å². The van der Waals surface area contributed by atoms with Gasteiger partial charge in [-0.1, -0.05) is 44.2 Å². The maximum absolute atomic E-state index is 11.4. The number of rotatable bonds is 8. The topological polar surface area (TPSA) is 70.6 Å². The molecule has 5 heteroatoms. The summed E-state index contributed by atoms with van der Waals surface area (Å²) < 4.78 is 4.63. The smallest absolute Gasteiger partial charge is 0.407 e. The molecule has 1 rings (SSSR count). The van der Waals surface area contributed by atoms with Crippen LogP contribution in [0, 0.1) is 5.92 Å². The summed E-state index contributed by atoms with van der Waals surface area (Å²) in [6.07, 6.45) is -0.651. The van der Waals surface area contributed by atoms with Crippen LogP contribution >= 0.6 is 0 Å². The average Bonchev–Trinajstić information content (AvgIpc) is 2.47. The SMILES string of the molecule is COC(=O)N[C@@H](Cc1ccccc1)[C@H](O)CNCC(C)C. The molecular formula is C16H26N2O3. The molecular weight excluding hydrogens is 268 g/mol. The molecule has 0 unspecified atom stereocenters. The lowest BCUT2D eigenvalue weighted by molar-refractivity contribution is 0.111. The van der Waals surface area contributed by atoms with E-state index in [0.717, 1.165) is 12.1 Å². The van der Waals surface area contributed by atoms with Crippen LogP contribution in [0.2, 0.25) is 0 Å². The minimum absolute atomic E-state index is 0.389. The van der Waals surface area contributed by atoms with Gasteiger partial charge in [-0.2, -0.15) is 0 Å². The van der Waals surface area contributed by atoms with Crippen molar-refractivity contribution < 1.29 is 14.6 Å². The summed E-state index contributed by atoms with van der Waals surface area (Å²) in [6, 6.07) is 9.37. The molecule has 0 aromatic heterocycles. The number of alkyl carbamates (subject to hydrolysis) is 1. The Morgan fingerprint density at radius 2 is 1.90 bits per heavy atom. The molecule has 0 bridgehead atoms. The first-order valence-corrected chi connectivity index (χ1v) is 7.30. The second-order valence-corrected chi connectivity index (χ2v) is 5.55. The number of ether oxygens (including phenoxy) is 1. The molecule has 118 valence electrons. The van der Waals surface area contributed by atoms with Gasteiger partial charge in [0, 0.05) is 6.54 Å². The van der Waals surface area contributed by atoms with Crippen molar-refractivity contribution >= 4 is 6.09 Å². The fraction of sp³-hybridized carbons (Fsp3) is 0.562. The minimum atomic E-state index is -0.678. The maximum atomic E-state index is 11.4. The summed E-state index contributed by atoms with van der Waals surface area (Å²) in [7, 11) is 1.32. The lowest BCUT2D eigenvalue weighted by Gasteiger charge is -2.24. The molecule has 0 heterocycles. The van der Waals surface area contributed by atoms with Crippen molar-refractivity contribution in [2.45, 2.75) is 32.4 Å². The van der Waals surface area contributed by atoms with Crippen LogP contribution in [-0.4, -0.2) is 43.5 Å². The zero-order valence-electron chi connectivity index (χ0n) is 13.0. The van der Waals surface area contributed by atoms with Crippen molar-refractivity contribution in [3.05, 3.63) is 35.9 Å². The number of benzene rings is 1. The Bertz CT molecular complexity index is 409. The molecule has 0 saturated carbocycles. The molecule has 0 radical (unpaired) electrons. The summed E-state index contributed by atoms with van der Waals surface area (Å²) >= 11 is 0. The third-order valence-corrected chi connectivity index (χ3v) is 3.16. The molecule has 1 aromatic rings. The van der Waals surface area contributed by atoms with Gasteiger partial charge in [-0.25, -0.2) is 4.79 Å². The predicted molar refractivity (Wildman–Crippen MR) is 83.2 cm³/mol. The van der Waals surface area contributed by atoms with Crippen molar-refractivity contribution in [1.82, 2.24) is 10.6 Å². The molecule has 0 fully saturated rings. The number of nitrogens with one attached hydrogen (secondary N) is 2. The standard InChI is InChI=1S/C16H26N2O3/c1-12(2)10-17-11-15(19)14(18-16(20)21-3)9-13-7-5-4-6-8-13/h4-8,12,14-15,17,19H,9-11H2,1-3H3,(H,18,20)/t14-,15+/m0/s1. The number of methoxy groups -OCH3 is 1. The number of aliphatic hydroxyl groups excluding tert-OH is 1. The van der Waals surface area contributed by atoms with E-state index in [9.17, 15) is 9.90 Å². The monoisotopic (exact) mass is 294 g/mol. The largest absolute Gasteiger partial charge is 0.453 e. The third-order valence-electron chi connectivity index (χ3n) is 3.16. The number of amides is 1. The van der Waals surface area contributed by atoms with Gasteiger partial charge in [0.25, 0.3) is 0 Å². The van der Waals surface area contributed by atoms with Crippen LogP contribution in [-0.2, 0) is 11.2 Å². The third kappa shape index (κ3) is 7.11. The predicted octanol–water partition coefficient (Wildman–Crippen LogP) is 1.56. The first-order valence-electron chi connectivity index (χ1n) is 7.30. The van der Waals surface area contributed by atoms with Gasteiger partial charge in [-0.3, -0.25) is 0 Å². The summed E-state index contributed by atoms with van der Waals surface area (Å²) in [4.78, 5) is 11.4. The summed E-state index contributed by atoms with van der Waals surface area (Å²) in [5.41, 5.74) is 1.06. The highest BCUT2D eigenvalue weighted by molar-refractivity contribution is 5.67. The van der Waals surface area contributed by atoms with Gasteiger partial charge in [0.15, 0.2) is 0 Å². The highest BCUT2D eigenvalue weighted by atomic mass is 16.5. The van der Waals surface area contributed by atoms with Crippen LogP contribution in [0.4, 0.5) is 4.79 Å². The molecule has 1 amide bonds. The van der Waals surface area contributed by atoms with E-state index in [1.165, 1.54) is 7.11 Å². The molecule has 0 saturated heterocycles. The first kappa shape index (κ1) is 17.5. The quantitative estimate of drug-likeness (QED) is 0.680. The highest BCUT2D eigenvalue weighted by Crippen LogP contribution is 2.07. The summed E-state index contributed by atoms with van der Waals surface area (Å²) in [5.74, 6) is 0.512. The van der Waals surface area contributed by atoms with Crippen LogP contribution < -0.4 is 10.6 Å². The second kappa shape index (κ2) is 9.37. The first-order chi connectivity index (χ1) is 10.0. The zero-order chi connectivity index (χ0) is 15.7. The average molecular weight is 294 g/mol. The van der Waals surface area contributed by atoms with Crippen LogP contribution in [0.5, 0.6) is 0 Å². The van der Waals surface area contributed by atoms with Crippen molar-refractivity contribution in [2.24, 2.45) is 5.92 Å². The molecule has 1 aromatic carbocycles. The van der Waals surface area contributed by atoms with Crippen LogP contribution in [0.3, 0.4) is 0 Å². The van der Waals surface area contributed by atoms with Crippen molar-refractivity contribution in [3.8, 4) is 0 Å². The Morgan fingerprint density at radius 3 is 2.48 bits per heavy atom. The van der Waals surface area contributed by atoms with Crippen LogP contribution in [0.15, 0.2) is 30.3 Å². The van der Waals surface area contributed by atoms with E-state index in [-0.39, 0.29) is 6.04 Å². The summed E-state index contributed by atoms with van der Waals surface area (Å²) in [6.45, 7) is 5.47. The molecule has 21 heavy (non-hydrogen) atoms. The molecule has 3 N–H and O–H groups in total. The number of hydrogen-bond donors (Lipinski definition) is 3. The van der Waals surface area contributed by atoms with Gasteiger partial charge < -0.3 is 20.5 Å². The van der Waals surface area contributed by atoms with E-state index in [2.05, 4.69) is 29.2 Å². The Hall–Kier alpha value is -1.59. The van der Waals surface area contributed by atoms with E-state index in [1.807, 2.05) is 30.3 Å². The fourth-order valence-corrected chi connectivity index (χ4v) is 2.02. The van der Waals surface area contributed by atoms with E-state index in [1.54, 1.807) is 0 Å². The van der Waals surface area contributed by atoms with E-state index >= 15 is 0 Å². The number of carbonyl (C=O) groups is 1. The Balaban J connectivity index is 2.60. The van der Waals surface area contributed by atoms with E-state index in [4.69, 9.17) is 0 Å². The van der Waals surface area contributed by atoms with Crippen LogP contribution in [0.1, 0.15) is 19.4 Å². The normalized spacial score (nSPS) is 13.8. The Kier molecular flexibility index (Phi) is 7.79. The number of carbonyl (C=O) groups excluding carboxylic acids is 1. The Labute approximate surface area is 126 Å². The fourth-order valence-electron chi connectivity index (χ4n) is 2.02. The van der Waals surface area contributed by atoms with Crippen molar-refractivity contribution in [2.75, 3.05) is 20.2 Å². The van der Waals surface area contributed by atoms with Gasteiger partial charge in [-0.15, -0.1) is 0 Å². The van der Waals surface area contributed by atoms with Crippen molar-refractivity contribution in [1.29, 1.82) is 0 Å². The molecule has 0 aliphatic rings. The Morgan fingerprint density at radius 1 is 1.24 bits per heavy atom. The molecule has 5 nitrogen and oxygen atoms in total. The highest BCUT2D eigenvalue weighted by Gasteiger charge is 2.21. The second-order valence-electron chi connectivity index (χ2n) is 5.55. The molecule has 2 atom stereocenters. The van der Waals surface area contributed by atoms with Gasteiger partial charge in [-0.05, 0) is 24.4 Å². The molecule has 0 spiro atoms. The lowest BCUT2D eigenvalue weighted by Crippen LogP contribution is -2.49. The minimum Gasteiger partial charge on any atom is -0.453 e.